The zero-order chi connectivity index (χ0) is 29.2. The van der Waals surface area contributed by atoms with Gasteiger partial charge in [0.25, 0.3) is 0 Å². The molecule has 0 aromatic heterocycles. The van der Waals surface area contributed by atoms with Crippen LogP contribution in [0, 0.1) is 0 Å². The number of nitrogens with zero attached hydrogens (tertiary/aromatic N) is 2. The smallest absolute Gasteiger partial charge is 0.245 e. The van der Waals surface area contributed by atoms with Crippen LogP contribution in [-0.2, 0) is 24.0 Å². The van der Waals surface area contributed by atoms with Crippen LogP contribution in [0.25, 0.3) is 0 Å². The first-order valence-electron chi connectivity index (χ1n) is 14.9. The number of likely N-dealkylation sites (tertiary alicyclic amines) is 1. The molecule has 0 aromatic rings. The van der Waals surface area contributed by atoms with Crippen LogP contribution < -0.4 is 10.6 Å². The van der Waals surface area contributed by atoms with Crippen LogP contribution in [0.15, 0.2) is 0 Å². The van der Waals surface area contributed by atoms with Crippen LogP contribution in [-0.4, -0.2) is 89.2 Å². The van der Waals surface area contributed by atoms with Crippen molar-refractivity contribution in [2.75, 3.05) is 26.7 Å². The predicted octanol–water partition coefficient (Wildman–Crippen LogP) is 2.71. The highest BCUT2D eigenvalue weighted by Gasteiger charge is 2.32. The van der Waals surface area contributed by atoms with Crippen molar-refractivity contribution in [2.45, 2.75) is 129 Å². The zero-order valence-electron chi connectivity index (χ0n) is 24.6. The number of aliphatic hydroxyl groups excluding tert-OH is 1. The number of Topliss-reactive ketones (excluding diaryl/α,β-unsaturated/α-hetero) is 1. The Morgan fingerprint density at radius 3 is 2.03 bits per heavy atom. The Morgan fingerprint density at radius 1 is 0.923 bits per heavy atom. The summed E-state index contributed by atoms with van der Waals surface area (Å²) in [5.41, 5.74) is 0. The second kappa shape index (κ2) is 19.6. The number of unbranched alkanes of at least 4 members (excludes halogenated alkanes) is 10. The van der Waals surface area contributed by atoms with E-state index in [4.69, 9.17) is 0 Å². The number of carbonyl (C=O) groups is 5. The van der Waals surface area contributed by atoms with Crippen molar-refractivity contribution < 1.29 is 29.1 Å². The fourth-order valence-corrected chi connectivity index (χ4v) is 4.95. The summed E-state index contributed by atoms with van der Waals surface area (Å²) in [5.74, 6) is -1.86. The van der Waals surface area contributed by atoms with Gasteiger partial charge in [0.15, 0.2) is 5.78 Å². The molecule has 0 aromatic carbocycles. The van der Waals surface area contributed by atoms with Gasteiger partial charge < -0.3 is 25.5 Å². The molecule has 0 unspecified atom stereocenters. The maximum atomic E-state index is 12.7. The Labute approximate surface area is 234 Å². The quantitative estimate of drug-likeness (QED) is 0.199. The molecule has 1 saturated heterocycles. The Hall–Kier alpha value is -2.49. The van der Waals surface area contributed by atoms with E-state index in [0.717, 1.165) is 25.7 Å². The molecule has 1 rings (SSSR count). The van der Waals surface area contributed by atoms with Crippen LogP contribution in [0.4, 0.5) is 0 Å². The van der Waals surface area contributed by atoms with Crippen LogP contribution in [0.1, 0.15) is 111 Å². The Bertz CT molecular complexity index is 790. The lowest BCUT2D eigenvalue weighted by molar-refractivity contribution is -0.141. The monoisotopic (exact) mass is 552 g/mol. The maximum absolute atomic E-state index is 12.7. The highest BCUT2D eigenvalue weighted by atomic mass is 16.3. The van der Waals surface area contributed by atoms with Gasteiger partial charge in [-0.05, 0) is 33.1 Å². The standard InChI is InChI=1S/C29H52N4O6/c1-5-6-7-8-9-10-11-12-13-14-15-18-26(36)32(4)25(21-34)29(39)31-22(2)28(38)30-20-27(37)33-19-16-17-24(33)23(3)35/h22,24-25,34H,5-21H2,1-4H3,(H,30,38)(H,31,39)/t22-,24+,25-/m1/s1. The molecule has 1 aliphatic heterocycles. The number of carbonyl (C=O) groups excluding carboxylic acids is 5. The number of hydrogen-bond donors (Lipinski definition) is 3. The molecule has 0 bridgehead atoms. The number of nitrogens with one attached hydrogen (secondary N) is 2. The van der Waals surface area contributed by atoms with Crippen LogP contribution in [0.3, 0.4) is 0 Å². The maximum Gasteiger partial charge on any atom is 0.245 e. The minimum atomic E-state index is -1.11. The van der Waals surface area contributed by atoms with Gasteiger partial charge in [-0.25, -0.2) is 0 Å². The van der Waals surface area contributed by atoms with E-state index in [1.165, 1.54) is 82.1 Å². The van der Waals surface area contributed by atoms with E-state index < -0.39 is 36.5 Å². The minimum Gasteiger partial charge on any atom is -0.394 e. The zero-order valence-corrected chi connectivity index (χ0v) is 24.6. The van der Waals surface area contributed by atoms with Crippen molar-refractivity contribution in [3.8, 4) is 0 Å². The second-order valence-corrected chi connectivity index (χ2v) is 10.8. The van der Waals surface area contributed by atoms with Crippen molar-refractivity contribution in [1.29, 1.82) is 0 Å². The molecule has 4 amide bonds. The molecule has 0 aliphatic carbocycles. The van der Waals surface area contributed by atoms with E-state index in [0.29, 0.717) is 19.4 Å². The van der Waals surface area contributed by atoms with Gasteiger partial charge >= 0.3 is 0 Å². The summed E-state index contributed by atoms with van der Waals surface area (Å²) in [7, 11) is 1.48. The summed E-state index contributed by atoms with van der Waals surface area (Å²) in [6.45, 7) is 4.77. The van der Waals surface area contributed by atoms with Crippen LogP contribution in [0.2, 0.25) is 0 Å². The van der Waals surface area contributed by atoms with E-state index in [1.54, 1.807) is 0 Å². The Balaban J connectivity index is 2.33. The third-order valence-electron chi connectivity index (χ3n) is 7.54. The summed E-state index contributed by atoms with van der Waals surface area (Å²) >= 11 is 0. The molecule has 0 saturated carbocycles. The van der Waals surface area contributed by atoms with Crippen molar-refractivity contribution in [3.63, 3.8) is 0 Å². The molecule has 1 aliphatic rings. The summed E-state index contributed by atoms with van der Waals surface area (Å²) in [4.78, 5) is 64.6. The third-order valence-corrected chi connectivity index (χ3v) is 7.54. The minimum absolute atomic E-state index is 0.0787. The molecule has 1 fully saturated rings. The fraction of sp³-hybridized carbons (Fsp3) is 0.828. The molecule has 10 nitrogen and oxygen atoms in total. The lowest BCUT2D eigenvalue weighted by Gasteiger charge is -2.27. The summed E-state index contributed by atoms with van der Waals surface area (Å²) < 4.78 is 0. The number of likely N-dealkylation sites (N-methyl/N-ethyl adjacent to an activating group) is 1. The Kier molecular flexibility index (Phi) is 17.3. The van der Waals surface area contributed by atoms with Crippen molar-refractivity contribution in [3.05, 3.63) is 0 Å². The normalized spacial score (nSPS) is 16.4. The van der Waals surface area contributed by atoms with Crippen LogP contribution >= 0.6 is 0 Å². The largest absolute Gasteiger partial charge is 0.394 e. The first-order valence-corrected chi connectivity index (χ1v) is 14.9. The average molecular weight is 553 g/mol. The van der Waals surface area contributed by atoms with E-state index in [1.807, 2.05) is 0 Å². The number of rotatable bonds is 20. The summed E-state index contributed by atoms with van der Waals surface area (Å²) in [6.07, 6.45) is 14.6. The molecular weight excluding hydrogens is 500 g/mol. The SMILES string of the molecule is CCCCCCCCCCCCCC(=O)N(C)[C@H](CO)C(=O)N[C@H](C)C(=O)NCC(=O)N1CCC[C@H]1C(C)=O. The molecule has 10 heteroatoms. The second-order valence-electron chi connectivity index (χ2n) is 10.8. The first kappa shape index (κ1) is 34.5. The van der Waals surface area contributed by atoms with E-state index in [-0.39, 0.29) is 24.1 Å². The van der Waals surface area contributed by atoms with Crippen molar-refractivity contribution in [2.24, 2.45) is 0 Å². The number of amides is 4. The fourth-order valence-electron chi connectivity index (χ4n) is 4.95. The van der Waals surface area contributed by atoms with Crippen molar-refractivity contribution in [1.82, 2.24) is 20.4 Å². The molecule has 0 radical (unpaired) electrons. The topological polar surface area (TPSA) is 136 Å². The van der Waals surface area contributed by atoms with Gasteiger partial charge in [0, 0.05) is 20.0 Å². The average Bonchev–Trinajstić information content (AvgIpc) is 3.41. The summed E-state index contributed by atoms with van der Waals surface area (Å²) in [6, 6.07) is -2.53. The lowest BCUT2D eigenvalue weighted by atomic mass is 10.0. The number of ketones is 1. The first-order chi connectivity index (χ1) is 18.6. The van der Waals surface area contributed by atoms with Crippen LogP contribution in [0.5, 0.6) is 0 Å². The van der Waals surface area contributed by atoms with Gasteiger partial charge in [0.2, 0.25) is 23.6 Å². The van der Waals surface area contributed by atoms with Gasteiger partial charge in [0.05, 0.1) is 19.2 Å². The van der Waals surface area contributed by atoms with Gasteiger partial charge in [0.1, 0.15) is 12.1 Å². The highest BCUT2D eigenvalue weighted by molar-refractivity contribution is 5.94. The predicted molar refractivity (Wildman–Crippen MR) is 151 cm³/mol. The lowest BCUT2D eigenvalue weighted by Crippen LogP contribution is -2.55. The number of aliphatic hydroxyl groups is 1. The third kappa shape index (κ3) is 12.9. The molecule has 0 spiro atoms. The molecular formula is C29H52N4O6. The molecule has 1 heterocycles. The van der Waals surface area contributed by atoms with E-state index in [9.17, 15) is 29.1 Å². The van der Waals surface area contributed by atoms with Crippen molar-refractivity contribution >= 4 is 29.4 Å². The number of hydrogen-bond acceptors (Lipinski definition) is 6. The molecule has 224 valence electrons. The Morgan fingerprint density at radius 2 is 1.49 bits per heavy atom. The molecule has 3 N–H and O–H groups in total. The highest BCUT2D eigenvalue weighted by Crippen LogP contribution is 2.18. The summed E-state index contributed by atoms with van der Waals surface area (Å²) in [5, 5.41) is 14.8. The molecule has 39 heavy (non-hydrogen) atoms. The van der Waals surface area contributed by atoms with Gasteiger partial charge in [-0.15, -0.1) is 0 Å². The molecule has 3 atom stereocenters. The van der Waals surface area contributed by atoms with Gasteiger partial charge in [-0.1, -0.05) is 71.1 Å². The van der Waals surface area contributed by atoms with Gasteiger partial charge in [-0.2, -0.15) is 0 Å². The van der Waals surface area contributed by atoms with E-state index in [2.05, 4.69) is 17.6 Å². The van der Waals surface area contributed by atoms with E-state index >= 15 is 0 Å². The van der Waals surface area contributed by atoms with Gasteiger partial charge in [-0.3, -0.25) is 24.0 Å².